The molecule has 0 fully saturated rings. The number of aliphatic imine (C=N–C) groups is 1. The molecule has 0 amide bonds. The molecular weight excluding hydrogens is 280 g/mol. The molecule has 70 valence electrons. The predicted molar refractivity (Wildman–Crippen MR) is 62.2 cm³/mol. The van der Waals surface area contributed by atoms with Gasteiger partial charge < -0.3 is 0 Å². The lowest BCUT2D eigenvalue weighted by Crippen LogP contribution is -1.91. The van der Waals surface area contributed by atoms with Gasteiger partial charge in [-0.05, 0) is 37.1 Å². The van der Waals surface area contributed by atoms with Gasteiger partial charge in [0.1, 0.15) is 5.82 Å². The number of nitrogens with zero attached hydrogens (tertiary/aromatic N) is 1. The van der Waals surface area contributed by atoms with Gasteiger partial charge in [-0.3, -0.25) is 4.99 Å². The lowest BCUT2D eigenvalue weighted by atomic mass is 10.1. The Bertz CT molecular complexity index is 321. The van der Waals surface area contributed by atoms with E-state index < -0.39 is 0 Å². The summed E-state index contributed by atoms with van der Waals surface area (Å²) in [4.78, 5) is 4.22. The van der Waals surface area contributed by atoms with Crippen LogP contribution >= 0.6 is 22.6 Å². The van der Waals surface area contributed by atoms with Crippen LogP contribution < -0.4 is 0 Å². The third kappa shape index (κ3) is 3.42. The first-order valence-electron chi connectivity index (χ1n) is 4.03. The van der Waals surface area contributed by atoms with Gasteiger partial charge in [-0.25, -0.2) is 4.39 Å². The zero-order chi connectivity index (χ0) is 9.84. The number of rotatable bonds is 2. The molecule has 0 bridgehead atoms. The first kappa shape index (κ1) is 10.6. The molecule has 1 aromatic carbocycles. The van der Waals surface area contributed by atoms with Crippen molar-refractivity contribution in [1.29, 1.82) is 0 Å². The molecule has 1 rings (SSSR count). The molecular formula is C10H11FIN. The second-order valence-electron chi connectivity index (χ2n) is 2.85. The number of halogens is 2. The lowest BCUT2D eigenvalue weighted by Gasteiger charge is -1.99. The van der Waals surface area contributed by atoms with Crippen molar-refractivity contribution in [2.75, 3.05) is 0 Å². The van der Waals surface area contributed by atoms with Crippen molar-refractivity contribution in [3.05, 3.63) is 35.1 Å². The molecule has 0 saturated heterocycles. The molecule has 0 heterocycles. The minimum Gasteiger partial charge on any atom is -0.279 e. The van der Waals surface area contributed by atoms with E-state index in [9.17, 15) is 4.39 Å². The van der Waals surface area contributed by atoms with Gasteiger partial charge >= 0.3 is 0 Å². The summed E-state index contributed by atoms with van der Waals surface area (Å²) in [5.41, 5.74) is 1.89. The maximum atomic E-state index is 12.7. The van der Waals surface area contributed by atoms with Crippen molar-refractivity contribution in [2.45, 2.75) is 17.9 Å². The van der Waals surface area contributed by atoms with E-state index in [4.69, 9.17) is 0 Å². The van der Waals surface area contributed by atoms with Crippen molar-refractivity contribution in [3.63, 3.8) is 0 Å². The van der Waals surface area contributed by atoms with Crippen LogP contribution in [0.15, 0.2) is 23.2 Å². The van der Waals surface area contributed by atoms with Gasteiger partial charge in [0.25, 0.3) is 0 Å². The maximum absolute atomic E-state index is 12.7. The van der Waals surface area contributed by atoms with Crippen LogP contribution in [0.25, 0.3) is 0 Å². The van der Waals surface area contributed by atoms with Crippen molar-refractivity contribution in [3.8, 4) is 0 Å². The van der Waals surface area contributed by atoms with Crippen molar-refractivity contribution >= 4 is 28.8 Å². The Balaban J connectivity index is 2.90. The SMILES string of the molecule is Cc1cc(F)ccc1C=NC(C)I. The topological polar surface area (TPSA) is 12.4 Å². The van der Waals surface area contributed by atoms with Crippen LogP contribution in [0.5, 0.6) is 0 Å². The number of hydrogen-bond acceptors (Lipinski definition) is 1. The summed E-state index contributed by atoms with van der Waals surface area (Å²) in [6.45, 7) is 3.87. The Kier molecular flexibility index (Phi) is 3.84. The molecule has 0 aromatic heterocycles. The van der Waals surface area contributed by atoms with E-state index in [2.05, 4.69) is 27.6 Å². The van der Waals surface area contributed by atoms with Gasteiger partial charge in [0, 0.05) is 6.21 Å². The van der Waals surface area contributed by atoms with Gasteiger partial charge in [-0.1, -0.05) is 28.7 Å². The van der Waals surface area contributed by atoms with Crippen molar-refractivity contribution < 1.29 is 4.39 Å². The Morgan fingerprint density at radius 2 is 2.23 bits per heavy atom. The first-order chi connectivity index (χ1) is 6.09. The average molecular weight is 291 g/mol. The van der Waals surface area contributed by atoms with Gasteiger partial charge in [-0.15, -0.1) is 0 Å². The third-order valence-electron chi connectivity index (χ3n) is 1.65. The largest absolute Gasteiger partial charge is 0.279 e. The highest BCUT2D eigenvalue weighted by molar-refractivity contribution is 14.1. The summed E-state index contributed by atoms with van der Waals surface area (Å²) < 4.78 is 13.0. The fourth-order valence-corrected chi connectivity index (χ4v) is 1.13. The molecule has 0 aliphatic heterocycles. The van der Waals surface area contributed by atoms with Gasteiger partial charge in [0.05, 0.1) is 4.05 Å². The van der Waals surface area contributed by atoms with Crippen molar-refractivity contribution in [1.82, 2.24) is 0 Å². The van der Waals surface area contributed by atoms with E-state index in [1.807, 2.05) is 13.8 Å². The minimum absolute atomic E-state index is 0.197. The van der Waals surface area contributed by atoms with E-state index in [0.29, 0.717) is 0 Å². The van der Waals surface area contributed by atoms with E-state index in [1.165, 1.54) is 12.1 Å². The maximum Gasteiger partial charge on any atom is 0.123 e. The van der Waals surface area contributed by atoms with E-state index in [1.54, 1.807) is 12.3 Å². The van der Waals surface area contributed by atoms with Gasteiger partial charge in [0.15, 0.2) is 0 Å². The Labute approximate surface area is 91.2 Å². The predicted octanol–water partition coefficient (Wildman–Crippen LogP) is 3.33. The molecule has 13 heavy (non-hydrogen) atoms. The fraction of sp³-hybridized carbons (Fsp3) is 0.300. The van der Waals surface area contributed by atoms with Crippen LogP contribution in [0.3, 0.4) is 0 Å². The fourth-order valence-electron chi connectivity index (χ4n) is 0.967. The Hall–Kier alpha value is -0.450. The normalized spacial score (nSPS) is 13.5. The van der Waals surface area contributed by atoms with Crippen LogP contribution in [-0.4, -0.2) is 10.3 Å². The second-order valence-corrected chi connectivity index (χ2v) is 4.66. The molecule has 0 saturated carbocycles. The van der Waals surface area contributed by atoms with Gasteiger partial charge in [-0.2, -0.15) is 0 Å². The van der Waals surface area contributed by atoms with Crippen LogP contribution in [-0.2, 0) is 0 Å². The molecule has 1 unspecified atom stereocenters. The summed E-state index contributed by atoms with van der Waals surface area (Å²) in [5.74, 6) is -0.197. The van der Waals surface area contributed by atoms with Crippen LogP contribution in [0, 0.1) is 12.7 Å². The molecule has 3 heteroatoms. The van der Waals surface area contributed by atoms with E-state index in [0.717, 1.165) is 11.1 Å². The third-order valence-corrected chi connectivity index (χ3v) is 1.97. The zero-order valence-corrected chi connectivity index (χ0v) is 9.75. The molecule has 1 nitrogen and oxygen atoms in total. The highest BCUT2D eigenvalue weighted by Gasteiger charge is 1.97. The quantitative estimate of drug-likeness (QED) is 0.343. The molecule has 0 aliphatic rings. The lowest BCUT2D eigenvalue weighted by molar-refractivity contribution is 0.626. The highest BCUT2D eigenvalue weighted by atomic mass is 127. The summed E-state index contributed by atoms with van der Waals surface area (Å²) in [6, 6.07) is 4.71. The molecule has 0 aliphatic carbocycles. The highest BCUT2D eigenvalue weighted by Crippen LogP contribution is 2.08. The molecule has 1 aromatic rings. The summed E-state index contributed by atoms with van der Waals surface area (Å²) in [6.07, 6.45) is 1.78. The second kappa shape index (κ2) is 4.69. The van der Waals surface area contributed by atoms with E-state index >= 15 is 0 Å². The molecule has 0 radical (unpaired) electrons. The number of hydrogen-bond donors (Lipinski definition) is 0. The Morgan fingerprint density at radius 3 is 2.77 bits per heavy atom. The van der Waals surface area contributed by atoms with Crippen molar-refractivity contribution in [2.24, 2.45) is 4.99 Å². The molecule has 0 spiro atoms. The standard InChI is InChI=1S/C10H11FIN/c1-7-5-10(11)4-3-9(7)6-13-8(2)12/h3-6,8H,1-2H3. The van der Waals surface area contributed by atoms with E-state index in [-0.39, 0.29) is 9.87 Å². The zero-order valence-electron chi connectivity index (χ0n) is 7.59. The number of aryl methyl sites for hydroxylation is 1. The Morgan fingerprint density at radius 1 is 1.54 bits per heavy atom. The molecule has 0 N–H and O–H groups in total. The minimum atomic E-state index is -0.197. The molecule has 1 atom stereocenters. The smallest absolute Gasteiger partial charge is 0.123 e. The summed E-state index contributed by atoms with van der Waals surface area (Å²) in [5, 5.41) is 0. The van der Waals surface area contributed by atoms with Crippen LogP contribution in [0.4, 0.5) is 4.39 Å². The summed E-state index contributed by atoms with van der Waals surface area (Å²) in [7, 11) is 0. The van der Waals surface area contributed by atoms with Crippen LogP contribution in [0.1, 0.15) is 18.1 Å². The summed E-state index contributed by atoms with van der Waals surface area (Å²) >= 11 is 2.22. The average Bonchev–Trinajstić information content (AvgIpc) is 2.02. The first-order valence-corrected chi connectivity index (χ1v) is 5.27. The van der Waals surface area contributed by atoms with Crippen LogP contribution in [0.2, 0.25) is 0 Å². The number of benzene rings is 1. The monoisotopic (exact) mass is 291 g/mol. The number of alkyl halides is 1. The van der Waals surface area contributed by atoms with Gasteiger partial charge in [0.2, 0.25) is 0 Å².